The Labute approximate surface area is 170 Å². The van der Waals surface area contributed by atoms with Gasteiger partial charge in [-0.15, -0.1) is 0 Å². The van der Waals surface area contributed by atoms with E-state index in [2.05, 4.69) is 5.32 Å². The van der Waals surface area contributed by atoms with E-state index in [1.165, 1.54) is 4.31 Å². The van der Waals surface area contributed by atoms with Crippen molar-refractivity contribution >= 4 is 15.9 Å². The van der Waals surface area contributed by atoms with Crippen LogP contribution in [0.3, 0.4) is 0 Å². The molecule has 0 bridgehead atoms. The maximum Gasteiger partial charge on any atom is 0.239 e. The van der Waals surface area contributed by atoms with Gasteiger partial charge >= 0.3 is 0 Å². The van der Waals surface area contributed by atoms with E-state index in [4.69, 9.17) is 9.47 Å². The summed E-state index contributed by atoms with van der Waals surface area (Å²) < 4.78 is 37.7. The fraction of sp³-hybridized carbons (Fsp3) is 0.381. The highest BCUT2D eigenvalue weighted by atomic mass is 32.2. The van der Waals surface area contributed by atoms with Crippen LogP contribution in [0.25, 0.3) is 0 Å². The van der Waals surface area contributed by atoms with Crippen molar-refractivity contribution in [2.45, 2.75) is 32.5 Å². The number of sulfonamides is 1. The summed E-state index contributed by atoms with van der Waals surface area (Å²) in [5.41, 5.74) is 2.82. The maximum absolute atomic E-state index is 13.0. The van der Waals surface area contributed by atoms with Gasteiger partial charge in [-0.05, 0) is 42.2 Å². The second kappa shape index (κ2) is 8.04. The number of hydrogen-bond acceptors (Lipinski definition) is 5. The minimum absolute atomic E-state index is 0.0406. The molecule has 0 aromatic heterocycles. The molecule has 1 atom stereocenters. The quantitative estimate of drug-likeness (QED) is 0.804. The van der Waals surface area contributed by atoms with Crippen LogP contribution in [0.15, 0.2) is 42.5 Å². The first-order valence-electron chi connectivity index (χ1n) is 9.70. The summed E-state index contributed by atoms with van der Waals surface area (Å²) in [6.45, 7) is 3.12. The van der Waals surface area contributed by atoms with Crippen molar-refractivity contribution in [3.05, 3.63) is 59.2 Å². The summed E-state index contributed by atoms with van der Waals surface area (Å²) in [7, 11) is -3.52. The van der Waals surface area contributed by atoms with Crippen molar-refractivity contribution in [1.82, 2.24) is 9.62 Å². The molecule has 1 unspecified atom stereocenters. The first kappa shape index (κ1) is 19.7. The lowest BCUT2D eigenvalue weighted by atomic mass is 9.95. The molecule has 2 aromatic carbocycles. The number of rotatable bonds is 5. The molecule has 2 aliphatic rings. The number of ether oxygens (including phenoxy) is 2. The Hall–Kier alpha value is -2.58. The molecule has 2 aromatic rings. The zero-order valence-electron chi connectivity index (χ0n) is 16.3. The lowest BCUT2D eigenvalue weighted by Crippen LogP contribution is -2.52. The molecule has 0 fully saturated rings. The van der Waals surface area contributed by atoms with Crippen molar-refractivity contribution in [2.75, 3.05) is 19.0 Å². The second-order valence-electron chi connectivity index (χ2n) is 7.13. The van der Waals surface area contributed by atoms with E-state index < -0.39 is 16.1 Å². The Kier molecular flexibility index (Phi) is 5.47. The second-order valence-corrected chi connectivity index (χ2v) is 9.34. The first-order valence-corrected chi connectivity index (χ1v) is 11.3. The van der Waals surface area contributed by atoms with E-state index in [9.17, 15) is 13.2 Å². The molecule has 2 aliphatic heterocycles. The number of hydrogen-bond donors (Lipinski definition) is 1. The normalized spacial score (nSPS) is 18.7. The van der Waals surface area contributed by atoms with Crippen molar-refractivity contribution in [3.63, 3.8) is 0 Å². The molecule has 0 radical (unpaired) electrons. The highest BCUT2D eigenvalue weighted by molar-refractivity contribution is 7.89. The molecule has 1 amide bonds. The zero-order chi connectivity index (χ0) is 20.4. The van der Waals surface area contributed by atoms with Crippen LogP contribution >= 0.6 is 0 Å². The number of amides is 1. The highest BCUT2D eigenvalue weighted by Gasteiger charge is 2.37. The Morgan fingerprint density at radius 2 is 1.83 bits per heavy atom. The van der Waals surface area contributed by atoms with Gasteiger partial charge in [0.05, 0.1) is 5.75 Å². The molecule has 0 aliphatic carbocycles. The van der Waals surface area contributed by atoms with E-state index in [1.807, 2.05) is 42.5 Å². The molecule has 154 valence electrons. The van der Waals surface area contributed by atoms with Gasteiger partial charge in [0.1, 0.15) is 19.3 Å². The molecule has 1 N–H and O–H groups in total. The Bertz CT molecular complexity index is 1020. The van der Waals surface area contributed by atoms with E-state index in [-0.39, 0.29) is 24.7 Å². The average molecular weight is 416 g/mol. The average Bonchev–Trinajstić information content (AvgIpc) is 2.76. The van der Waals surface area contributed by atoms with E-state index >= 15 is 0 Å². The third-order valence-electron chi connectivity index (χ3n) is 5.30. The fourth-order valence-electron chi connectivity index (χ4n) is 3.69. The topological polar surface area (TPSA) is 84.9 Å². The van der Waals surface area contributed by atoms with Gasteiger partial charge in [0.15, 0.2) is 11.5 Å². The molecule has 0 saturated heterocycles. The van der Waals surface area contributed by atoms with E-state index in [1.54, 1.807) is 6.92 Å². The lowest BCUT2D eigenvalue weighted by Gasteiger charge is -2.34. The number of nitrogens with one attached hydrogen (secondary N) is 1. The number of carbonyl (C=O) groups is 1. The lowest BCUT2D eigenvalue weighted by molar-refractivity contribution is -0.125. The van der Waals surface area contributed by atoms with Crippen molar-refractivity contribution < 1.29 is 22.7 Å². The predicted molar refractivity (Wildman–Crippen MR) is 108 cm³/mol. The van der Waals surface area contributed by atoms with Gasteiger partial charge in [0.25, 0.3) is 0 Å². The molecule has 0 saturated carbocycles. The Balaban J connectivity index is 1.51. The Morgan fingerprint density at radius 3 is 2.59 bits per heavy atom. The van der Waals surface area contributed by atoms with Crippen molar-refractivity contribution in [1.29, 1.82) is 0 Å². The van der Waals surface area contributed by atoms with Gasteiger partial charge in [-0.25, -0.2) is 8.42 Å². The van der Waals surface area contributed by atoms with Crippen LogP contribution in [0, 0.1) is 0 Å². The molecule has 4 rings (SSSR count). The summed E-state index contributed by atoms with van der Waals surface area (Å²) in [4.78, 5) is 13.0. The van der Waals surface area contributed by atoms with Gasteiger partial charge in [-0.2, -0.15) is 4.31 Å². The van der Waals surface area contributed by atoms with Gasteiger partial charge in [0, 0.05) is 13.1 Å². The van der Waals surface area contributed by atoms with E-state index in [0.717, 1.165) is 16.7 Å². The van der Waals surface area contributed by atoms with Crippen LogP contribution in [0.4, 0.5) is 0 Å². The van der Waals surface area contributed by atoms with E-state index in [0.29, 0.717) is 31.1 Å². The van der Waals surface area contributed by atoms with Crippen LogP contribution in [-0.2, 0) is 34.3 Å². The molecular formula is C21H24N2O5S. The van der Waals surface area contributed by atoms with Crippen LogP contribution in [0.1, 0.15) is 23.6 Å². The molecule has 8 heteroatoms. The maximum atomic E-state index is 13.0. The van der Waals surface area contributed by atoms with Gasteiger partial charge in [0.2, 0.25) is 15.9 Å². The third kappa shape index (κ3) is 4.09. The molecular weight excluding hydrogens is 392 g/mol. The first-order chi connectivity index (χ1) is 14.0. The molecule has 0 spiro atoms. The summed E-state index contributed by atoms with van der Waals surface area (Å²) in [5.74, 6) is 1.01. The monoisotopic (exact) mass is 416 g/mol. The van der Waals surface area contributed by atoms with Crippen LogP contribution in [0.2, 0.25) is 0 Å². The van der Waals surface area contributed by atoms with Crippen molar-refractivity contribution in [2.24, 2.45) is 0 Å². The minimum atomic E-state index is -3.52. The third-order valence-corrected chi connectivity index (χ3v) is 7.13. The van der Waals surface area contributed by atoms with Crippen LogP contribution in [-0.4, -0.2) is 43.6 Å². The number of fused-ring (bicyclic) bond motifs is 2. The SMILES string of the molecule is CCS(=O)(=O)N1Cc2ccccc2CC1C(=O)NCc1ccc2c(c1)OCCO2. The fourth-order valence-corrected chi connectivity index (χ4v) is 4.91. The summed E-state index contributed by atoms with van der Waals surface area (Å²) in [6.07, 6.45) is 0.363. The predicted octanol–water partition coefficient (Wildman–Crippen LogP) is 1.85. The number of nitrogens with zero attached hydrogens (tertiary/aromatic N) is 1. The van der Waals surface area contributed by atoms with Gasteiger partial charge in [-0.3, -0.25) is 4.79 Å². The number of carbonyl (C=O) groups excluding carboxylic acids is 1. The van der Waals surface area contributed by atoms with Crippen LogP contribution < -0.4 is 14.8 Å². The van der Waals surface area contributed by atoms with Gasteiger partial charge in [-0.1, -0.05) is 30.3 Å². The summed E-state index contributed by atoms with van der Waals surface area (Å²) >= 11 is 0. The molecule has 2 heterocycles. The molecule has 7 nitrogen and oxygen atoms in total. The zero-order valence-corrected chi connectivity index (χ0v) is 17.1. The number of benzene rings is 2. The van der Waals surface area contributed by atoms with Crippen molar-refractivity contribution in [3.8, 4) is 11.5 Å². The summed E-state index contributed by atoms with van der Waals surface area (Å²) in [6, 6.07) is 12.4. The highest BCUT2D eigenvalue weighted by Crippen LogP contribution is 2.31. The standard InChI is InChI=1S/C21H24N2O5S/c1-2-29(25,26)23-14-17-6-4-3-5-16(17)12-18(23)21(24)22-13-15-7-8-19-20(11-15)28-10-9-27-19/h3-8,11,18H,2,9-10,12-14H2,1H3,(H,22,24). The smallest absolute Gasteiger partial charge is 0.239 e. The minimum Gasteiger partial charge on any atom is -0.486 e. The summed E-state index contributed by atoms with van der Waals surface area (Å²) in [5, 5.41) is 2.89. The van der Waals surface area contributed by atoms with Gasteiger partial charge < -0.3 is 14.8 Å². The van der Waals surface area contributed by atoms with Crippen LogP contribution in [0.5, 0.6) is 11.5 Å². The largest absolute Gasteiger partial charge is 0.486 e. The molecule has 29 heavy (non-hydrogen) atoms. The Morgan fingerprint density at radius 1 is 1.10 bits per heavy atom.